The second-order valence-electron chi connectivity index (χ2n) is 10.7. The van der Waals surface area contributed by atoms with Crippen LogP contribution < -0.4 is 16.0 Å². The molecular weight excluding hydrogens is 672 g/mol. The molecule has 0 saturated carbocycles. The number of aromatic nitrogens is 1. The summed E-state index contributed by atoms with van der Waals surface area (Å²) >= 11 is 9.12. The van der Waals surface area contributed by atoms with Gasteiger partial charge < -0.3 is 16.0 Å². The number of benzene rings is 5. The highest BCUT2D eigenvalue weighted by Crippen LogP contribution is 2.37. The van der Waals surface area contributed by atoms with Crippen LogP contribution in [0.3, 0.4) is 0 Å². The quantitative estimate of drug-likeness (QED) is 0.0924. The Bertz CT molecular complexity index is 2090. The molecule has 0 saturated heterocycles. The molecular formula is C39H29ClN4O3S2. The van der Waals surface area contributed by atoms with Crippen molar-refractivity contribution < 1.29 is 14.4 Å². The molecule has 1 heterocycles. The van der Waals surface area contributed by atoms with Crippen LogP contribution in [0.25, 0.3) is 17.3 Å². The molecule has 49 heavy (non-hydrogen) atoms. The van der Waals surface area contributed by atoms with Crippen molar-refractivity contribution in [1.82, 2.24) is 10.3 Å². The van der Waals surface area contributed by atoms with E-state index in [0.29, 0.717) is 27.0 Å². The van der Waals surface area contributed by atoms with Gasteiger partial charge in [0.25, 0.3) is 11.8 Å². The lowest BCUT2D eigenvalue weighted by Crippen LogP contribution is -2.30. The molecule has 6 aromatic rings. The second kappa shape index (κ2) is 16.1. The first-order valence-electron chi connectivity index (χ1n) is 15.2. The largest absolute Gasteiger partial charge is 0.321 e. The number of halogens is 1. The molecule has 0 aliphatic heterocycles. The maximum atomic E-state index is 13.6. The van der Waals surface area contributed by atoms with Crippen LogP contribution in [0.1, 0.15) is 26.7 Å². The van der Waals surface area contributed by atoms with Crippen molar-refractivity contribution >= 4 is 69.3 Å². The van der Waals surface area contributed by atoms with E-state index < -0.39 is 17.1 Å². The summed E-state index contributed by atoms with van der Waals surface area (Å²) in [6, 6.07) is 42.2. The third kappa shape index (κ3) is 8.91. The molecule has 0 aliphatic rings. The van der Waals surface area contributed by atoms with E-state index in [1.165, 1.54) is 29.2 Å². The number of rotatable bonds is 11. The lowest BCUT2D eigenvalue weighted by molar-refractivity contribution is -0.116. The van der Waals surface area contributed by atoms with Crippen LogP contribution in [0.15, 0.2) is 155 Å². The van der Waals surface area contributed by atoms with Gasteiger partial charge in [0, 0.05) is 32.1 Å². The number of amides is 3. The van der Waals surface area contributed by atoms with Crippen molar-refractivity contribution in [3.8, 4) is 11.3 Å². The van der Waals surface area contributed by atoms with E-state index in [0.717, 1.165) is 21.7 Å². The molecule has 10 heteroatoms. The number of anilines is 2. The Kier molecular flexibility index (Phi) is 11.0. The minimum absolute atomic E-state index is 0.0267. The zero-order valence-electron chi connectivity index (χ0n) is 25.9. The Labute approximate surface area is 297 Å². The van der Waals surface area contributed by atoms with Crippen molar-refractivity contribution in [2.75, 3.05) is 10.6 Å². The average Bonchev–Trinajstić information content (AvgIpc) is 3.61. The van der Waals surface area contributed by atoms with E-state index in [-0.39, 0.29) is 11.6 Å². The molecule has 5 aromatic carbocycles. The average molecular weight is 701 g/mol. The maximum absolute atomic E-state index is 13.6. The van der Waals surface area contributed by atoms with Crippen LogP contribution in [-0.2, 0) is 9.59 Å². The summed E-state index contributed by atoms with van der Waals surface area (Å²) in [5.41, 5.74) is 4.13. The first-order valence-corrected chi connectivity index (χ1v) is 17.3. The molecule has 0 bridgehead atoms. The van der Waals surface area contributed by atoms with Gasteiger partial charge in [0.2, 0.25) is 5.91 Å². The number of carbonyl (C=O) groups is 3. The van der Waals surface area contributed by atoms with Gasteiger partial charge in [-0.15, -0.1) is 23.1 Å². The van der Waals surface area contributed by atoms with E-state index in [9.17, 15) is 14.4 Å². The topological polar surface area (TPSA) is 100 Å². The van der Waals surface area contributed by atoms with Crippen LogP contribution >= 0.6 is 34.7 Å². The fraction of sp³-hybridized carbons (Fsp3) is 0.0256. The van der Waals surface area contributed by atoms with E-state index in [4.69, 9.17) is 11.6 Å². The third-order valence-electron chi connectivity index (χ3n) is 7.24. The number of thioether (sulfide) groups is 1. The molecule has 3 amide bonds. The van der Waals surface area contributed by atoms with Gasteiger partial charge in [-0.2, -0.15) is 0 Å². The first kappa shape index (κ1) is 33.4. The van der Waals surface area contributed by atoms with Gasteiger partial charge in [-0.1, -0.05) is 109 Å². The van der Waals surface area contributed by atoms with E-state index >= 15 is 0 Å². The lowest BCUT2D eigenvalue weighted by atomic mass is 10.1. The molecule has 1 aromatic heterocycles. The van der Waals surface area contributed by atoms with Gasteiger partial charge in [0.1, 0.15) is 10.9 Å². The fourth-order valence-corrected chi connectivity index (χ4v) is 6.72. The van der Waals surface area contributed by atoms with Crippen LogP contribution in [0.4, 0.5) is 10.8 Å². The lowest BCUT2D eigenvalue weighted by Gasteiger charge is -2.17. The Morgan fingerprint density at radius 2 is 1.37 bits per heavy atom. The summed E-state index contributed by atoms with van der Waals surface area (Å²) in [5, 5.41) is 10.9. The highest BCUT2D eigenvalue weighted by atomic mass is 35.5. The third-order valence-corrected chi connectivity index (χ3v) is 9.61. The molecule has 7 nitrogen and oxygen atoms in total. The normalized spacial score (nSPS) is 11.7. The summed E-state index contributed by atoms with van der Waals surface area (Å²) in [5.74, 6) is -1.16. The van der Waals surface area contributed by atoms with Crippen molar-refractivity contribution in [2.24, 2.45) is 0 Å². The van der Waals surface area contributed by atoms with E-state index in [1.807, 2.05) is 84.2 Å². The Morgan fingerprint density at radius 3 is 2.06 bits per heavy atom. The van der Waals surface area contributed by atoms with Crippen LogP contribution in [-0.4, -0.2) is 22.7 Å². The number of hydrogen-bond acceptors (Lipinski definition) is 6. The smallest absolute Gasteiger partial charge is 0.272 e. The van der Waals surface area contributed by atoms with E-state index in [2.05, 4.69) is 20.9 Å². The second-order valence-corrected chi connectivity index (χ2v) is 13.1. The fourth-order valence-electron chi connectivity index (χ4n) is 4.79. The number of nitrogens with one attached hydrogen (secondary N) is 3. The monoisotopic (exact) mass is 700 g/mol. The molecule has 6 rings (SSSR count). The van der Waals surface area contributed by atoms with Gasteiger partial charge >= 0.3 is 0 Å². The number of hydrogen-bond donors (Lipinski definition) is 3. The van der Waals surface area contributed by atoms with Crippen LogP contribution in [0, 0.1) is 0 Å². The van der Waals surface area contributed by atoms with Gasteiger partial charge in [-0.3, -0.25) is 14.4 Å². The Hall–Kier alpha value is -5.48. The zero-order valence-corrected chi connectivity index (χ0v) is 28.3. The van der Waals surface area contributed by atoms with Crippen molar-refractivity contribution in [3.05, 3.63) is 172 Å². The Morgan fingerprint density at radius 1 is 0.735 bits per heavy atom. The van der Waals surface area contributed by atoms with Gasteiger partial charge in [0.05, 0.1) is 5.69 Å². The molecule has 0 spiro atoms. The molecule has 0 radical (unpaired) electrons. The standard InChI is InChI=1S/C39H29ClN4O3S2/c40-32-19-11-10-18-29(32)24-33(42-36(45)28-16-8-3-9-17-28)37(46)41-30-20-22-31(23-21-30)49-35(27-14-6-2-7-15-27)38(47)44-39-43-34(25-48-39)26-12-4-1-5-13-26/h1-25,35H,(H,41,46)(H,42,45)(H,43,44,47)/b33-24-. The van der Waals surface area contributed by atoms with Crippen LogP contribution in [0.2, 0.25) is 5.02 Å². The number of thiazole rings is 1. The van der Waals surface area contributed by atoms with Gasteiger partial charge in [-0.25, -0.2) is 4.98 Å². The van der Waals surface area contributed by atoms with Crippen molar-refractivity contribution in [2.45, 2.75) is 10.1 Å². The van der Waals surface area contributed by atoms with Crippen LogP contribution in [0.5, 0.6) is 0 Å². The highest BCUT2D eigenvalue weighted by Gasteiger charge is 2.23. The molecule has 1 atom stereocenters. The van der Waals surface area contributed by atoms with Gasteiger partial charge in [-0.05, 0) is 59.7 Å². The SMILES string of the molecule is O=C(Nc1ccc(SC(C(=O)Nc2nc(-c3ccccc3)cs2)c2ccccc2)cc1)/C(=C/c1ccccc1Cl)NC(=O)c1ccccc1. The summed E-state index contributed by atoms with van der Waals surface area (Å²) in [6.45, 7) is 0. The van der Waals surface area contributed by atoms with Gasteiger partial charge in [0.15, 0.2) is 5.13 Å². The predicted molar refractivity (Wildman–Crippen MR) is 200 cm³/mol. The first-order chi connectivity index (χ1) is 23.9. The summed E-state index contributed by atoms with van der Waals surface area (Å²) in [6.07, 6.45) is 1.54. The Balaban J connectivity index is 1.17. The molecule has 3 N–H and O–H groups in total. The summed E-state index contributed by atoms with van der Waals surface area (Å²) < 4.78 is 0. The number of nitrogens with zero attached hydrogens (tertiary/aromatic N) is 1. The maximum Gasteiger partial charge on any atom is 0.272 e. The summed E-state index contributed by atoms with van der Waals surface area (Å²) in [4.78, 5) is 45.6. The van der Waals surface area contributed by atoms with E-state index in [1.54, 1.807) is 60.7 Å². The highest BCUT2D eigenvalue weighted by molar-refractivity contribution is 8.00. The summed E-state index contributed by atoms with van der Waals surface area (Å²) in [7, 11) is 0. The minimum Gasteiger partial charge on any atom is -0.321 e. The molecule has 242 valence electrons. The number of carbonyl (C=O) groups excluding carboxylic acids is 3. The van der Waals surface area contributed by atoms with Crippen molar-refractivity contribution in [1.29, 1.82) is 0 Å². The van der Waals surface area contributed by atoms with Crippen molar-refractivity contribution in [3.63, 3.8) is 0 Å². The molecule has 0 aliphatic carbocycles. The zero-order chi connectivity index (χ0) is 34.0. The minimum atomic E-state index is -0.566. The molecule has 0 fully saturated rings. The molecule has 1 unspecified atom stereocenters. The predicted octanol–water partition coefficient (Wildman–Crippen LogP) is 9.35.